The summed E-state index contributed by atoms with van der Waals surface area (Å²) < 4.78 is 3.20. The van der Waals surface area contributed by atoms with E-state index in [9.17, 15) is 9.59 Å². The van der Waals surface area contributed by atoms with Crippen LogP contribution in [0.1, 0.15) is 49.1 Å². The average molecular weight is 383 g/mol. The van der Waals surface area contributed by atoms with Crippen molar-refractivity contribution in [2.45, 2.75) is 52.0 Å². The highest BCUT2D eigenvalue weighted by atomic mass is 16.2. The Morgan fingerprint density at radius 2 is 2.25 bits per heavy atom. The first-order chi connectivity index (χ1) is 13.6. The summed E-state index contributed by atoms with van der Waals surface area (Å²) in [6.45, 7) is 5.79. The van der Waals surface area contributed by atoms with Crippen molar-refractivity contribution in [3.63, 3.8) is 0 Å². The Balaban J connectivity index is 1.50. The third kappa shape index (κ3) is 3.44. The molecule has 3 aromatic rings. The Labute approximate surface area is 162 Å². The molecule has 1 fully saturated rings. The Kier molecular flexibility index (Phi) is 4.97. The van der Waals surface area contributed by atoms with Crippen LogP contribution in [0, 0.1) is 6.92 Å². The molecule has 9 heteroatoms. The van der Waals surface area contributed by atoms with Gasteiger partial charge in [0.05, 0.1) is 6.54 Å². The van der Waals surface area contributed by atoms with Crippen LogP contribution in [0.5, 0.6) is 0 Å². The molecule has 0 aromatic carbocycles. The predicted molar refractivity (Wildman–Crippen MR) is 103 cm³/mol. The molecule has 28 heavy (non-hydrogen) atoms. The molecule has 1 aliphatic heterocycles. The Hall–Kier alpha value is -2.97. The van der Waals surface area contributed by atoms with Crippen LogP contribution in [-0.2, 0) is 17.8 Å². The molecule has 0 saturated carbocycles. The van der Waals surface area contributed by atoms with Crippen molar-refractivity contribution in [1.82, 2.24) is 34.3 Å². The Morgan fingerprint density at radius 1 is 1.39 bits per heavy atom. The van der Waals surface area contributed by atoms with Crippen molar-refractivity contribution < 1.29 is 4.79 Å². The largest absolute Gasteiger partial charge is 0.342 e. The summed E-state index contributed by atoms with van der Waals surface area (Å²) in [5.74, 6) is 0.297. The molecule has 3 aromatic heterocycles. The van der Waals surface area contributed by atoms with Crippen LogP contribution in [-0.4, -0.2) is 53.3 Å². The summed E-state index contributed by atoms with van der Waals surface area (Å²) in [6, 6.07) is 1.95. The Morgan fingerprint density at radius 3 is 3.00 bits per heavy atom. The number of fused-ring (bicyclic) bond motifs is 1. The predicted octanol–water partition coefficient (Wildman–Crippen LogP) is 1.28. The number of H-pyrrole nitrogens is 1. The number of nitrogens with one attached hydrogen (secondary N) is 1. The lowest BCUT2D eigenvalue weighted by atomic mass is 9.94. The van der Waals surface area contributed by atoms with Gasteiger partial charge in [-0.1, -0.05) is 6.92 Å². The van der Waals surface area contributed by atoms with Gasteiger partial charge in [0.1, 0.15) is 12.7 Å². The zero-order valence-electron chi connectivity index (χ0n) is 16.3. The van der Waals surface area contributed by atoms with E-state index < -0.39 is 0 Å². The number of aryl methyl sites for hydroxylation is 2. The first kappa shape index (κ1) is 18.4. The zero-order chi connectivity index (χ0) is 19.7. The van der Waals surface area contributed by atoms with Gasteiger partial charge in [-0.15, -0.1) is 0 Å². The smallest absolute Gasteiger partial charge is 0.276 e. The molecular formula is C19H25N7O2. The first-order valence-electron chi connectivity index (χ1n) is 9.78. The van der Waals surface area contributed by atoms with Gasteiger partial charge in [0.25, 0.3) is 5.56 Å². The van der Waals surface area contributed by atoms with Gasteiger partial charge in [-0.2, -0.15) is 5.10 Å². The highest BCUT2D eigenvalue weighted by Gasteiger charge is 2.26. The number of piperidine rings is 1. The number of hydrogen-bond acceptors (Lipinski definition) is 5. The maximum absolute atomic E-state index is 12.7. The lowest BCUT2D eigenvalue weighted by Gasteiger charge is -2.32. The standard InChI is InChI=1S/C19H25N7O2/c1-3-15-13(2)22-17-9-16(23-26(17)19(15)28)14-5-4-7-24(10-14)18(27)6-8-25-12-20-11-21-25/h9,11-12,14,23H,3-8,10H2,1-2H3. The number of likely N-dealkylation sites (tertiary alicyclic amines) is 1. The van der Waals surface area contributed by atoms with Gasteiger partial charge in [-0.3, -0.25) is 19.4 Å². The zero-order valence-corrected chi connectivity index (χ0v) is 16.3. The molecule has 1 saturated heterocycles. The number of carbonyl (C=O) groups is 1. The third-order valence-electron chi connectivity index (χ3n) is 5.52. The van der Waals surface area contributed by atoms with Crippen LogP contribution < -0.4 is 5.56 Å². The molecule has 0 aliphatic carbocycles. The molecule has 148 valence electrons. The summed E-state index contributed by atoms with van der Waals surface area (Å²) >= 11 is 0. The van der Waals surface area contributed by atoms with E-state index in [1.165, 1.54) is 10.8 Å². The number of nitrogens with zero attached hydrogens (tertiary/aromatic N) is 6. The topological polar surface area (TPSA) is 101 Å². The molecule has 4 heterocycles. The van der Waals surface area contributed by atoms with Crippen molar-refractivity contribution in [2.24, 2.45) is 0 Å². The number of amides is 1. The van der Waals surface area contributed by atoms with E-state index in [1.807, 2.05) is 24.8 Å². The van der Waals surface area contributed by atoms with Crippen LogP contribution >= 0.6 is 0 Å². The number of hydrogen-bond donors (Lipinski definition) is 1. The van der Waals surface area contributed by atoms with Crippen LogP contribution in [0.4, 0.5) is 0 Å². The van der Waals surface area contributed by atoms with Gasteiger partial charge < -0.3 is 4.90 Å². The minimum absolute atomic E-state index is 0.0344. The van der Waals surface area contributed by atoms with Gasteiger partial charge in [-0.05, 0) is 26.2 Å². The second-order valence-corrected chi connectivity index (χ2v) is 7.33. The fourth-order valence-electron chi connectivity index (χ4n) is 3.98. The van der Waals surface area contributed by atoms with Crippen molar-refractivity contribution >= 4 is 11.6 Å². The molecule has 1 amide bonds. The van der Waals surface area contributed by atoms with Crippen molar-refractivity contribution in [3.8, 4) is 0 Å². The molecule has 9 nitrogen and oxygen atoms in total. The van der Waals surface area contributed by atoms with E-state index in [0.717, 1.165) is 36.3 Å². The maximum Gasteiger partial charge on any atom is 0.276 e. The summed E-state index contributed by atoms with van der Waals surface area (Å²) in [6.07, 6.45) is 6.08. The van der Waals surface area contributed by atoms with E-state index in [2.05, 4.69) is 20.2 Å². The summed E-state index contributed by atoms with van der Waals surface area (Å²) in [7, 11) is 0. The van der Waals surface area contributed by atoms with Gasteiger partial charge in [-0.25, -0.2) is 14.5 Å². The second kappa shape index (κ2) is 7.57. The van der Waals surface area contributed by atoms with E-state index >= 15 is 0 Å². The second-order valence-electron chi connectivity index (χ2n) is 7.33. The minimum atomic E-state index is -0.0344. The molecule has 1 aliphatic rings. The van der Waals surface area contributed by atoms with E-state index in [1.54, 1.807) is 11.0 Å². The van der Waals surface area contributed by atoms with Gasteiger partial charge in [0.2, 0.25) is 5.91 Å². The van der Waals surface area contributed by atoms with Crippen molar-refractivity contribution in [3.05, 3.63) is 46.0 Å². The number of carbonyl (C=O) groups excluding carboxylic acids is 1. The molecule has 1 atom stereocenters. The molecule has 1 N–H and O–H groups in total. The lowest BCUT2D eigenvalue weighted by Crippen LogP contribution is -2.39. The lowest BCUT2D eigenvalue weighted by molar-refractivity contribution is -0.132. The van der Waals surface area contributed by atoms with Gasteiger partial charge in [0.15, 0.2) is 5.65 Å². The quantitative estimate of drug-likeness (QED) is 0.715. The summed E-state index contributed by atoms with van der Waals surface area (Å²) in [5.41, 5.74) is 3.09. The number of aromatic nitrogens is 6. The molecule has 1 unspecified atom stereocenters. The van der Waals surface area contributed by atoms with Crippen molar-refractivity contribution in [2.75, 3.05) is 13.1 Å². The number of aromatic amines is 1. The van der Waals surface area contributed by atoms with E-state index in [-0.39, 0.29) is 17.4 Å². The van der Waals surface area contributed by atoms with Crippen LogP contribution in [0.25, 0.3) is 5.65 Å². The van der Waals surface area contributed by atoms with E-state index in [4.69, 9.17) is 0 Å². The molecule has 0 bridgehead atoms. The molecular weight excluding hydrogens is 358 g/mol. The molecule has 0 radical (unpaired) electrons. The summed E-state index contributed by atoms with van der Waals surface area (Å²) in [5, 5.41) is 7.27. The van der Waals surface area contributed by atoms with Gasteiger partial charge in [0, 0.05) is 48.4 Å². The van der Waals surface area contributed by atoms with Crippen LogP contribution in [0.3, 0.4) is 0 Å². The number of rotatable bonds is 5. The summed E-state index contributed by atoms with van der Waals surface area (Å²) in [4.78, 5) is 35.7. The SMILES string of the molecule is CCc1c(C)nc2cc(C3CCCN(C(=O)CCn4cncn4)C3)[nH]n2c1=O. The van der Waals surface area contributed by atoms with Gasteiger partial charge >= 0.3 is 0 Å². The maximum atomic E-state index is 12.7. The first-order valence-corrected chi connectivity index (χ1v) is 9.78. The minimum Gasteiger partial charge on any atom is -0.342 e. The molecule has 4 rings (SSSR count). The highest BCUT2D eigenvalue weighted by molar-refractivity contribution is 5.76. The monoisotopic (exact) mass is 383 g/mol. The normalized spacial score (nSPS) is 17.4. The fraction of sp³-hybridized carbons (Fsp3) is 0.526. The highest BCUT2D eigenvalue weighted by Crippen LogP contribution is 2.27. The van der Waals surface area contributed by atoms with Crippen LogP contribution in [0.15, 0.2) is 23.5 Å². The van der Waals surface area contributed by atoms with Crippen molar-refractivity contribution in [1.29, 1.82) is 0 Å². The molecule has 0 spiro atoms. The average Bonchev–Trinajstić information content (AvgIpc) is 3.36. The van der Waals surface area contributed by atoms with E-state index in [0.29, 0.717) is 31.6 Å². The third-order valence-corrected chi connectivity index (χ3v) is 5.52. The fourth-order valence-corrected chi connectivity index (χ4v) is 3.98. The van der Waals surface area contributed by atoms with Crippen LogP contribution in [0.2, 0.25) is 0 Å². The Bertz CT molecular complexity index is 1030.